The van der Waals surface area contributed by atoms with Crippen molar-refractivity contribution in [3.63, 3.8) is 0 Å². The molecule has 2 saturated heterocycles. The van der Waals surface area contributed by atoms with Crippen LogP contribution in [0, 0.1) is 5.92 Å². The van der Waals surface area contributed by atoms with Gasteiger partial charge in [-0.25, -0.2) is 9.78 Å². The SMILES string of the molecule is O=C1NC(=O)C2(CCC(=O)N2c2ccc(Oc3ccc(COCC4CCC4)cc3)nc2)C(=O)N1. The molecule has 0 radical (unpaired) electrons. The minimum Gasteiger partial charge on any atom is -0.439 e. The van der Waals surface area contributed by atoms with Crippen LogP contribution in [0.4, 0.5) is 10.5 Å². The predicted octanol–water partition coefficient (Wildman–Crippen LogP) is 2.42. The maximum absolute atomic E-state index is 12.6. The highest BCUT2D eigenvalue weighted by Gasteiger charge is 2.60. The Balaban J connectivity index is 1.25. The van der Waals surface area contributed by atoms with Gasteiger partial charge in [-0.2, -0.15) is 0 Å². The molecule has 2 N–H and O–H groups in total. The van der Waals surface area contributed by atoms with Crippen molar-refractivity contribution in [2.75, 3.05) is 11.5 Å². The van der Waals surface area contributed by atoms with Crippen molar-refractivity contribution in [3.05, 3.63) is 48.2 Å². The van der Waals surface area contributed by atoms with Gasteiger partial charge < -0.3 is 9.47 Å². The number of pyridine rings is 1. The smallest absolute Gasteiger partial charge is 0.328 e. The van der Waals surface area contributed by atoms with Gasteiger partial charge in [-0.3, -0.25) is 29.9 Å². The van der Waals surface area contributed by atoms with Crippen molar-refractivity contribution in [1.29, 1.82) is 0 Å². The van der Waals surface area contributed by atoms with Gasteiger partial charge in [0.1, 0.15) is 5.75 Å². The molecule has 176 valence electrons. The van der Waals surface area contributed by atoms with E-state index in [4.69, 9.17) is 9.47 Å². The normalized spacial score (nSPS) is 19.7. The lowest BCUT2D eigenvalue weighted by molar-refractivity contribution is -0.138. The van der Waals surface area contributed by atoms with Gasteiger partial charge in [0, 0.05) is 19.1 Å². The summed E-state index contributed by atoms with van der Waals surface area (Å²) >= 11 is 0. The number of ether oxygens (including phenoxy) is 2. The lowest BCUT2D eigenvalue weighted by atomic mass is 9.86. The van der Waals surface area contributed by atoms with Crippen LogP contribution in [-0.2, 0) is 25.7 Å². The molecule has 1 spiro atoms. The number of nitrogens with one attached hydrogen (secondary N) is 2. The van der Waals surface area contributed by atoms with Crippen molar-refractivity contribution >= 4 is 29.4 Å². The Hall–Kier alpha value is -3.79. The fraction of sp³-hybridized carbons (Fsp3) is 0.375. The number of barbiturate groups is 1. The molecule has 5 rings (SSSR count). The first-order valence-electron chi connectivity index (χ1n) is 11.3. The van der Waals surface area contributed by atoms with Crippen molar-refractivity contribution in [1.82, 2.24) is 15.6 Å². The van der Waals surface area contributed by atoms with Gasteiger partial charge in [0.05, 0.1) is 18.5 Å². The number of anilines is 1. The standard InChI is InChI=1S/C24H24N4O6/c29-20-10-11-24(21(30)26-23(32)27-22(24)31)28(20)17-6-9-19(25-12-17)34-18-7-4-16(5-8-18)14-33-13-15-2-1-3-15/h4-9,12,15H,1-3,10-11,13-14H2,(H2,26,27,30,31,32). The van der Waals surface area contributed by atoms with E-state index < -0.39 is 29.3 Å². The number of amides is 5. The number of benzene rings is 1. The van der Waals surface area contributed by atoms with Gasteiger partial charge in [0.25, 0.3) is 11.8 Å². The van der Waals surface area contributed by atoms with Gasteiger partial charge in [0.2, 0.25) is 17.3 Å². The average Bonchev–Trinajstić information content (AvgIpc) is 3.14. The molecule has 1 aliphatic carbocycles. The average molecular weight is 464 g/mol. The lowest BCUT2D eigenvalue weighted by Gasteiger charge is -2.37. The van der Waals surface area contributed by atoms with E-state index in [2.05, 4.69) is 15.6 Å². The second-order valence-electron chi connectivity index (χ2n) is 8.74. The molecule has 3 heterocycles. The molecule has 3 aliphatic rings. The van der Waals surface area contributed by atoms with Crippen LogP contribution in [0.1, 0.15) is 37.7 Å². The highest BCUT2D eigenvalue weighted by Crippen LogP contribution is 2.37. The summed E-state index contributed by atoms with van der Waals surface area (Å²) < 4.78 is 11.5. The Labute approximate surface area is 195 Å². The van der Waals surface area contributed by atoms with Gasteiger partial charge >= 0.3 is 6.03 Å². The Morgan fingerprint density at radius 1 is 1.00 bits per heavy atom. The zero-order valence-corrected chi connectivity index (χ0v) is 18.4. The second-order valence-corrected chi connectivity index (χ2v) is 8.74. The molecule has 0 bridgehead atoms. The zero-order valence-electron chi connectivity index (χ0n) is 18.4. The molecule has 1 saturated carbocycles. The first-order valence-corrected chi connectivity index (χ1v) is 11.3. The number of nitrogens with zero attached hydrogens (tertiary/aromatic N) is 2. The maximum Gasteiger partial charge on any atom is 0.328 e. The number of carbonyl (C=O) groups excluding carboxylic acids is 4. The highest BCUT2D eigenvalue weighted by atomic mass is 16.5. The Morgan fingerprint density at radius 3 is 2.35 bits per heavy atom. The first kappa shape index (κ1) is 22.0. The van der Waals surface area contributed by atoms with Gasteiger partial charge in [-0.05, 0) is 48.9 Å². The monoisotopic (exact) mass is 464 g/mol. The number of aromatic nitrogens is 1. The molecule has 0 unspecified atom stereocenters. The minimum atomic E-state index is -1.81. The molecule has 1 aromatic heterocycles. The third-order valence-electron chi connectivity index (χ3n) is 6.51. The number of urea groups is 1. The third kappa shape index (κ3) is 4.01. The summed E-state index contributed by atoms with van der Waals surface area (Å²) in [4.78, 5) is 54.5. The van der Waals surface area contributed by atoms with Gasteiger partial charge in [-0.15, -0.1) is 0 Å². The highest BCUT2D eigenvalue weighted by molar-refractivity contribution is 6.28. The second kappa shape index (κ2) is 8.86. The largest absolute Gasteiger partial charge is 0.439 e. The topological polar surface area (TPSA) is 127 Å². The summed E-state index contributed by atoms with van der Waals surface area (Å²) in [6, 6.07) is 9.70. The molecule has 3 fully saturated rings. The van der Waals surface area contributed by atoms with E-state index >= 15 is 0 Å². The van der Waals surface area contributed by atoms with E-state index in [1.165, 1.54) is 25.5 Å². The maximum atomic E-state index is 12.6. The summed E-state index contributed by atoms with van der Waals surface area (Å²) in [5.41, 5.74) is -0.505. The molecule has 34 heavy (non-hydrogen) atoms. The van der Waals surface area contributed by atoms with Crippen molar-refractivity contribution in [2.24, 2.45) is 5.92 Å². The fourth-order valence-corrected chi connectivity index (χ4v) is 4.41. The number of hydrogen-bond donors (Lipinski definition) is 2. The van der Waals surface area contributed by atoms with Crippen LogP contribution in [0.25, 0.3) is 0 Å². The summed E-state index contributed by atoms with van der Waals surface area (Å²) in [6.07, 6.45) is 5.13. The van der Waals surface area contributed by atoms with E-state index in [0.29, 0.717) is 18.3 Å². The van der Waals surface area contributed by atoms with E-state index in [1.54, 1.807) is 12.1 Å². The number of carbonyl (C=O) groups is 4. The molecule has 2 aliphatic heterocycles. The van der Waals surface area contributed by atoms with Crippen LogP contribution in [0.3, 0.4) is 0 Å². The molecule has 0 atom stereocenters. The molecule has 10 nitrogen and oxygen atoms in total. The third-order valence-corrected chi connectivity index (χ3v) is 6.51. The Bertz CT molecular complexity index is 1110. The predicted molar refractivity (Wildman–Crippen MR) is 119 cm³/mol. The van der Waals surface area contributed by atoms with Crippen molar-refractivity contribution in [3.8, 4) is 11.6 Å². The van der Waals surface area contributed by atoms with E-state index in [9.17, 15) is 19.2 Å². The molecule has 5 amide bonds. The number of imide groups is 2. The van der Waals surface area contributed by atoms with Crippen LogP contribution in [0.2, 0.25) is 0 Å². The summed E-state index contributed by atoms with van der Waals surface area (Å²) in [7, 11) is 0. The van der Waals surface area contributed by atoms with Gasteiger partial charge in [0.15, 0.2) is 0 Å². The summed E-state index contributed by atoms with van der Waals surface area (Å²) in [5.74, 6) is -0.502. The van der Waals surface area contributed by atoms with Crippen LogP contribution in [-0.4, -0.2) is 40.9 Å². The van der Waals surface area contributed by atoms with Crippen LogP contribution in [0.5, 0.6) is 11.6 Å². The Kier molecular flexibility index (Phi) is 5.74. The summed E-state index contributed by atoms with van der Waals surface area (Å²) in [6.45, 7) is 1.36. The molecule has 1 aromatic carbocycles. The molecular formula is C24H24N4O6. The van der Waals surface area contributed by atoms with E-state index in [1.807, 2.05) is 24.3 Å². The van der Waals surface area contributed by atoms with Crippen LogP contribution < -0.4 is 20.3 Å². The molecule has 2 aromatic rings. The molecule has 10 heteroatoms. The quantitative estimate of drug-likeness (QED) is 0.603. The van der Waals surface area contributed by atoms with Gasteiger partial charge in [-0.1, -0.05) is 18.6 Å². The lowest BCUT2D eigenvalue weighted by Crippen LogP contribution is -2.72. The number of rotatable bonds is 7. The van der Waals surface area contributed by atoms with Crippen LogP contribution >= 0.6 is 0 Å². The van der Waals surface area contributed by atoms with Crippen molar-refractivity contribution < 1.29 is 28.7 Å². The van der Waals surface area contributed by atoms with Crippen LogP contribution in [0.15, 0.2) is 42.6 Å². The van der Waals surface area contributed by atoms with E-state index in [-0.39, 0.29) is 24.4 Å². The summed E-state index contributed by atoms with van der Waals surface area (Å²) in [5, 5.41) is 4.16. The Morgan fingerprint density at radius 2 is 1.74 bits per heavy atom. The first-order chi connectivity index (χ1) is 16.5. The fourth-order valence-electron chi connectivity index (χ4n) is 4.41. The van der Waals surface area contributed by atoms with E-state index in [0.717, 1.165) is 17.1 Å². The molecular weight excluding hydrogens is 440 g/mol. The number of hydrogen-bond acceptors (Lipinski definition) is 7. The zero-order chi connectivity index (χ0) is 23.7. The minimum absolute atomic E-state index is 0.00992. The van der Waals surface area contributed by atoms with Crippen molar-refractivity contribution in [2.45, 2.75) is 44.2 Å².